The maximum Gasteiger partial charge on any atom is 0.259 e. The Hall–Kier alpha value is -3.35. The Morgan fingerprint density at radius 3 is 2.50 bits per heavy atom. The zero-order valence-corrected chi connectivity index (χ0v) is 12.4. The molecule has 0 saturated carbocycles. The fraction of sp³-hybridized carbons (Fsp3) is 0.118. The van der Waals surface area contributed by atoms with Gasteiger partial charge in [0.2, 0.25) is 0 Å². The predicted octanol–water partition coefficient (Wildman–Crippen LogP) is 1.59. The molecule has 2 aromatic carbocycles. The molecule has 0 spiro atoms. The first-order valence-corrected chi connectivity index (χ1v) is 7.32. The average molecular weight is 324 g/mol. The Labute approximate surface area is 136 Å². The molecule has 4 rings (SSSR count). The highest BCUT2D eigenvalue weighted by Gasteiger charge is 2.27. The number of fused-ring (bicyclic) bond motifs is 2. The molecule has 7 heteroatoms. The van der Waals surface area contributed by atoms with Gasteiger partial charge in [-0.05, 0) is 36.4 Å². The van der Waals surface area contributed by atoms with Crippen LogP contribution in [-0.4, -0.2) is 30.9 Å². The van der Waals surface area contributed by atoms with E-state index in [0.29, 0.717) is 41.5 Å². The van der Waals surface area contributed by atoms with E-state index in [0.717, 1.165) is 0 Å². The number of hydrogen-bond acceptors (Lipinski definition) is 5. The van der Waals surface area contributed by atoms with Crippen LogP contribution in [0.1, 0.15) is 31.1 Å². The molecule has 2 N–H and O–H groups in total. The van der Waals surface area contributed by atoms with Crippen LogP contribution < -0.4 is 20.1 Å². The molecule has 0 aliphatic carbocycles. The molecule has 0 atom stereocenters. The van der Waals surface area contributed by atoms with Crippen molar-refractivity contribution in [3.8, 4) is 11.5 Å². The molecule has 0 saturated heterocycles. The van der Waals surface area contributed by atoms with Gasteiger partial charge in [0.1, 0.15) is 13.2 Å². The van der Waals surface area contributed by atoms with Crippen molar-refractivity contribution in [1.29, 1.82) is 0 Å². The molecule has 7 nitrogen and oxygen atoms in total. The maximum absolute atomic E-state index is 12.4. The molecule has 24 heavy (non-hydrogen) atoms. The lowest BCUT2D eigenvalue weighted by molar-refractivity contribution is 0.0878. The van der Waals surface area contributed by atoms with Gasteiger partial charge in [0.05, 0.1) is 11.1 Å². The van der Waals surface area contributed by atoms with E-state index in [1.807, 2.05) is 0 Å². The van der Waals surface area contributed by atoms with E-state index in [9.17, 15) is 14.4 Å². The Morgan fingerprint density at radius 1 is 0.917 bits per heavy atom. The summed E-state index contributed by atoms with van der Waals surface area (Å²) >= 11 is 0. The normalized spacial score (nSPS) is 14.8. The van der Waals surface area contributed by atoms with Crippen LogP contribution in [0.25, 0.3) is 0 Å². The number of ether oxygens (including phenoxy) is 2. The highest BCUT2D eigenvalue weighted by Crippen LogP contribution is 2.31. The van der Waals surface area contributed by atoms with Crippen LogP contribution in [0, 0.1) is 0 Å². The number of imide groups is 1. The number of anilines is 1. The summed E-state index contributed by atoms with van der Waals surface area (Å²) in [6.07, 6.45) is 0. The van der Waals surface area contributed by atoms with Gasteiger partial charge in [-0.3, -0.25) is 19.7 Å². The molecule has 0 bridgehead atoms. The first-order chi connectivity index (χ1) is 11.6. The van der Waals surface area contributed by atoms with Gasteiger partial charge in [-0.2, -0.15) is 0 Å². The number of rotatable bonds is 2. The van der Waals surface area contributed by atoms with Gasteiger partial charge in [0.15, 0.2) is 11.5 Å². The first kappa shape index (κ1) is 14.3. The van der Waals surface area contributed by atoms with E-state index in [-0.39, 0.29) is 11.5 Å². The number of hydrogen-bond donors (Lipinski definition) is 2. The van der Waals surface area contributed by atoms with E-state index in [4.69, 9.17) is 9.47 Å². The van der Waals surface area contributed by atoms with Crippen LogP contribution in [0.4, 0.5) is 5.69 Å². The molecule has 2 heterocycles. The number of amides is 3. The minimum Gasteiger partial charge on any atom is -0.486 e. The Morgan fingerprint density at radius 2 is 1.67 bits per heavy atom. The minimum absolute atomic E-state index is 0.250. The molecule has 0 aromatic heterocycles. The molecule has 2 aromatic rings. The standard InChI is InChI=1S/C17H12N2O5/c20-15(9-1-4-13-14(7-9)24-6-5-23-13)18-10-2-3-11-12(8-10)17(22)19-16(11)21/h1-4,7-8H,5-6H2,(H,18,20)(H,19,21,22). The Kier molecular flexibility index (Phi) is 3.19. The predicted molar refractivity (Wildman–Crippen MR) is 83.6 cm³/mol. The van der Waals surface area contributed by atoms with Crippen molar-refractivity contribution < 1.29 is 23.9 Å². The third-order valence-corrected chi connectivity index (χ3v) is 3.80. The number of nitrogens with one attached hydrogen (secondary N) is 2. The monoisotopic (exact) mass is 324 g/mol. The van der Waals surface area contributed by atoms with Crippen molar-refractivity contribution >= 4 is 23.4 Å². The van der Waals surface area contributed by atoms with Gasteiger partial charge < -0.3 is 14.8 Å². The summed E-state index contributed by atoms with van der Waals surface area (Å²) in [6, 6.07) is 9.48. The van der Waals surface area contributed by atoms with Crippen LogP contribution in [0.5, 0.6) is 11.5 Å². The quantitative estimate of drug-likeness (QED) is 0.818. The van der Waals surface area contributed by atoms with Gasteiger partial charge in [-0.25, -0.2) is 0 Å². The van der Waals surface area contributed by atoms with Crippen molar-refractivity contribution in [3.05, 3.63) is 53.1 Å². The van der Waals surface area contributed by atoms with E-state index < -0.39 is 11.8 Å². The summed E-state index contributed by atoms with van der Waals surface area (Å²) in [5.41, 5.74) is 1.39. The molecular formula is C17H12N2O5. The van der Waals surface area contributed by atoms with Gasteiger partial charge in [0.25, 0.3) is 17.7 Å². The lowest BCUT2D eigenvalue weighted by atomic mass is 10.1. The Bertz CT molecular complexity index is 891. The fourth-order valence-corrected chi connectivity index (χ4v) is 2.63. The molecule has 2 aliphatic heterocycles. The summed E-state index contributed by atoms with van der Waals surface area (Å²) in [4.78, 5) is 35.6. The van der Waals surface area contributed by atoms with E-state index >= 15 is 0 Å². The summed E-state index contributed by atoms with van der Waals surface area (Å²) in [5.74, 6) is -0.125. The highest BCUT2D eigenvalue weighted by molar-refractivity contribution is 6.22. The summed E-state index contributed by atoms with van der Waals surface area (Å²) in [6.45, 7) is 0.917. The van der Waals surface area contributed by atoms with Gasteiger partial charge in [0, 0.05) is 11.3 Å². The topological polar surface area (TPSA) is 93.7 Å². The third-order valence-electron chi connectivity index (χ3n) is 3.80. The first-order valence-electron chi connectivity index (χ1n) is 7.32. The SMILES string of the molecule is O=C(Nc1ccc2c(c1)C(=O)NC2=O)c1ccc2c(c1)OCCO2. The molecular weight excluding hydrogens is 312 g/mol. The maximum atomic E-state index is 12.4. The molecule has 3 amide bonds. The zero-order valence-electron chi connectivity index (χ0n) is 12.4. The van der Waals surface area contributed by atoms with Crippen LogP contribution in [0.15, 0.2) is 36.4 Å². The largest absolute Gasteiger partial charge is 0.486 e. The van der Waals surface area contributed by atoms with E-state index in [1.165, 1.54) is 12.1 Å². The van der Waals surface area contributed by atoms with Crippen molar-refractivity contribution in [2.75, 3.05) is 18.5 Å². The molecule has 0 fully saturated rings. The van der Waals surface area contributed by atoms with Crippen LogP contribution >= 0.6 is 0 Å². The summed E-state index contributed by atoms with van der Waals surface area (Å²) in [5, 5.41) is 4.91. The number of carbonyl (C=O) groups excluding carboxylic acids is 3. The van der Waals surface area contributed by atoms with Crippen LogP contribution in [0.3, 0.4) is 0 Å². The zero-order chi connectivity index (χ0) is 16.7. The molecule has 120 valence electrons. The fourth-order valence-electron chi connectivity index (χ4n) is 2.63. The second-order valence-corrected chi connectivity index (χ2v) is 5.36. The molecule has 0 unspecified atom stereocenters. The van der Waals surface area contributed by atoms with Crippen molar-refractivity contribution in [2.24, 2.45) is 0 Å². The highest BCUT2D eigenvalue weighted by atomic mass is 16.6. The van der Waals surface area contributed by atoms with Crippen molar-refractivity contribution in [2.45, 2.75) is 0 Å². The van der Waals surface area contributed by atoms with Crippen LogP contribution in [0.2, 0.25) is 0 Å². The molecule has 0 radical (unpaired) electrons. The lowest BCUT2D eigenvalue weighted by Gasteiger charge is -2.18. The van der Waals surface area contributed by atoms with Gasteiger partial charge in [-0.15, -0.1) is 0 Å². The van der Waals surface area contributed by atoms with E-state index in [1.54, 1.807) is 24.3 Å². The number of benzene rings is 2. The second kappa shape index (κ2) is 5.38. The summed E-state index contributed by atoms with van der Waals surface area (Å²) in [7, 11) is 0. The minimum atomic E-state index is -0.467. The second-order valence-electron chi connectivity index (χ2n) is 5.36. The average Bonchev–Trinajstić information content (AvgIpc) is 2.88. The van der Waals surface area contributed by atoms with Crippen molar-refractivity contribution in [1.82, 2.24) is 5.32 Å². The summed E-state index contributed by atoms with van der Waals surface area (Å²) < 4.78 is 10.9. The number of carbonyl (C=O) groups is 3. The smallest absolute Gasteiger partial charge is 0.259 e. The van der Waals surface area contributed by atoms with Crippen molar-refractivity contribution in [3.63, 3.8) is 0 Å². The van der Waals surface area contributed by atoms with Crippen LogP contribution in [-0.2, 0) is 0 Å². The van der Waals surface area contributed by atoms with Gasteiger partial charge >= 0.3 is 0 Å². The molecule has 2 aliphatic rings. The lowest BCUT2D eigenvalue weighted by Crippen LogP contribution is -2.19. The Balaban J connectivity index is 1.58. The van der Waals surface area contributed by atoms with Gasteiger partial charge in [-0.1, -0.05) is 0 Å². The third kappa shape index (κ3) is 2.36. The van der Waals surface area contributed by atoms with E-state index in [2.05, 4.69) is 10.6 Å².